The molecule has 0 fully saturated rings. The summed E-state index contributed by atoms with van der Waals surface area (Å²) < 4.78 is 18.2. The van der Waals surface area contributed by atoms with Crippen molar-refractivity contribution in [1.29, 1.82) is 0 Å². The van der Waals surface area contributed by atoms with E-state index in [1.165, 1.54) is 40.7 Å². The molecular formula is C6H5CeO4P2. The van der Waals surface area contributed by atoms with Gasteiger partial charge in [0, 0.05) is 0 Å². The van der Waals surface area contributed by atoms with Gasteiger partial charge in [0.25, 0.3) is 0 Å². The molecule has 1 aromatic carbocycles. The van der Waals surface area contributed by atoms with Gasteiger partial charge in [-0.05, 0) is 0 Å². The molecule has 0 atom stereocenters. The van der Waals surface area contributed by atoms with E-state index in [0.717, 1.165) is 0 Å². The van der Waals surface area contributed by atoms with Crippen LogP contribution in [0.25, 0.3) is 0 Å². The molecule has 7 heteroatoms. The molecule has 0 bridgehead atoms. The van der Waals surface area contributed by atoms with Gasteiger partial charge in [-0.25, -0.2) is 0 Å². The van der Waals surface area contributed by atoms with E-state index in [2.05, 4.69) is 24.3 Å². The Kier molecular flexibility index (Phi) is 18.9. The van der Waals surface area contributed by atoms with E-state index in [1.807, 2.05) is 6.07 Å². The first-order valence-corrected chi connectivity index (χ1v) is 5.92. The van der Waals surface area contributed by atoms with Crippen LogP contribution in [0.3, 0.4) is 0 Å². The number of hydrogen-bond acceptors (Lipinski definition) is 4. The molecule has 0 radical (unpaired) electrons. The number of rotatable bonds is 0. The van der Waals surface area contributed by atoms with Crippen molar-refractivity contribution in [3.63, 3.8) is 0 Å². The molecule has 0 aromatic heterocycles. The Morgan fingerprint density at radius 1 is 1.00 bits per heavy atom. The summed E-state index contributed by atoms with van der Waals surface area (Å²) in [6, 6.07) is 10.5. The van der Waals surface area contributed by atoms with Crippen LogP contribution < -0.4 is 10.9 Å². The fourth-order valence-electron chi connectivity index (χ4n) is 0.438. The van der Waals surface area contributed by atoms with E-state index in [9.17, 15) is 0 Å². The zero-order valence-corrected chi connectivity index (χ0v) is 11.3. The summed E-state index contributed by atoms with van der Waals surface area (Å²) in [5.41, 5.74) is 0. The summed E-state index contributed by atoms with van der Waals surface area (Å²) >= 11 is 1.17. The van der Waals surface area contributed by atoms with Crippen LogP contribution in [-0.4, -0.2) is 0 Å². The Hall–Kier alpha value is 0.717. The van der Waals surface area contributed by atoms with Gasteiger partial charge in [-0.1, -0.05) is 0 Å². The van der Waals surface area contributed by atoms with Crippen molar-refractivity contribution in [3.05, 3.63) is 30.3 Å². The second-order valence-corrected chi connectivity index (χ2v) is 3.63. The molecule has 1 aromatic rings. The Morgan fingerprint density at radius 2 is 1.31 bits per heavy atom. The SMILES string of the molecule is O=P[O-].O=P[O-].[Ce+2][c]1ccccc1. The predicted octanol–water partition coefficient (Wildman–Crippen LogP) is -0.0320. The molecule has 0 aliphatic rings. The van der Waals surface area contributed by atoms with Gasteiger partial charge in [0.15, 0.2) is 0 Å². The van der Waals surface area contributed by atoms with Crippen molar-refractivity contribution in [1.82, 2.24) is 0 Å². The second kappa shape index (κ2) is 15.2. The van der Waals surface area contributed by atoms with Crippen LogP contribution >= 0.6 is 17.4 Å². The van der Waals surface area contributed by atoms with E-state index in [1.54, 1.807) is 0 Å². The topological polar surface area (TPSA) is 80.3 Å². The van der Waals surface area contributed by atoms with Gasteiger partial charge >= 0.3 is 71.1 Å². The molecule has 13 heavy (non-hydrogen) atoms. The summed E-state index contributed by atoms with van der Waals surface area (Å²) in [4.78, 5) is 16.7. The quantitative estimate of drug-likeness (QED) is 0.620. The molecule has 1 rings (SSSR count). The Balaban J connectivity index is 0. The summed E-state index contributed by atoms with van der Waals surface area (Å²) in [5, 5.41) is 0. The third kappa shape index (κ3) is 19.2. The van der Waals surface area contributed by atoms with Crippen LogP contribution in [0.15, 0.2) is 30.3 Å². The second-order valence-electron chi connectivity index (χ2n) is 1.52. The van der Waals surface area contributed by atoms with E-state index < -0.39 is 17.4 Å². The van der Waals surface area contributed by atoms with E-state index in [4.69, 9.17) is 18.9 Å². The predicted molar refractivity (Wildman–Crippen MR) is 41.3 cm³/mol. The molecule has 0 saturated carbocycles. The molecule has 0 N–H and O–H groups in total. The first-order valence-electron chi connectivity index (χ1n) is 2.89. The van der Waals surface area contributed by atoms with Gasteiger partial charge in [-0.15, -0.1) is 0 Å². The van der Waals surface area contributed by atoms with Gasteiger partial charge < -0.3 is 9.79 Å². The molecular weight excluding hydrogens is 338 g/mol. The van der Waals surface area contributed by atoms with Crippen molar-refractivity contribution in [2.24, 2.45) is 0 Å². The van der Waals surface area contributed by atoms with Crippen molar-refractivity contribution in [2.45, 2.75) is 0 Å². The minimum atomic E-state index is -1.08. The first-order chi connectivity index (χ1) is 6.22. The van der Waals surface area contributed by atoms with Crippen LogP contribution in [-0.2, 0) is 9.13 Å². The first kappa shape index (κ1) is 16.2. The van der Waals surface area contributed by atoms with Crippen LogP contribution in [0.4, 0.5) is 0 Å². The Morgan fingerprint density at radius 3 is 1.46 bits per heavy atom. The molecule has 0 aliphatic carbocycles. The molecule has 0 spiro atoms. The average molecular weight is 343 g/mol. The molecule has 0 amide bonds. The zero-order chi connectivity index (χ0) is 10.5. The minimum absolute atomic E-state index is 1.08. The molecule has 0 saturated heterocycles. The molecule has 0 unspecified atom stereocenters. The summed E-state index contributed by atoms with van der Waals surface area (Å²) in [6.45, 7) is 0. The fourth-order valence-corrected chi connectivity index (χ4v) is 1.04. The number of benzene rings is 1. The number of hydrogen-bond donors (Lipinski definition) is 0. The third-order valence-corrected chi connectivity index (χ3v) is 1.82. The van der Waals surface area contributed by atoms with Gasteiger partial charge in [0.2, 0.25) is 0 Å². The summed E-state index contributed by atoms with van der Waals surface area (Å²) in [7, 11) is -2.17. The van der Waals surface area contributed by atoms with Crippen LogP contribution in [0.5, 0.6) is 0 Å². The van der Waals surface area contributed by atoms with Crippen molar-refractivity contribution < 1.29 is 58.6 Å². The molecule has 0 heterocycles. The molecule has 0 aliphatic heterocycles. The Labute approximate surface area is 106 Å². The van der Waals surface area contributed by atoms with Crippen LogP contribution in [0.1, 0.15) is 0 Å². The normalized spacial score (nSPS) is 8.00. The summed E-state index contributed by atoms with van der Waals surface area (Å²) in [5.74, 6) is 0. The van der Waals surface area contributed by atoms with Crippen LogP contribution in [0, 0.1) is 39.6 Å². The van der Waals surface area contributed by atoms with Gasteiger partial charge in [0.1, 0.15) is 0 Å². The zero-order valence-electron chi connectivity index (χ0n) is 6.41. The standard InChI is InChI=1S/C6H5.Ce.2HO2P/c1-2-4-6-5-3-1;;2*1-3-2/h1-5H;;2*(H,1,2)/q;+2;;/p-2. The van der Waals surface area contributed by atoms with E-state index in [-0.39, 0.29) is 0 Å². The van der Waals surface area contributed by atoms with Crippen molar-refractivity contribution in [3.8, 4) is 0 Å². The van der Waals surface area contributed by atoms with Gasteiger partial charge in [-0.2, -0.15) is 0 Å². The van der Waals surface area contributed by atoms with Crippen molar-refractivity contribution >= 4 is 18.5 Å². The molecule has 4 nitrogen and oxygen atoms in total. The van der Waals surface area contributed by atoms with Crippen molar-refractivity contribution in [2.75, 3.05) is 0 Å². The fraction of sp³-hybridized carbons (Fsp3) is 0. The maximum atomic E-state index is 8.35. The third-order valence-electron chi connectivity index (χ3n) is 0.774. The Bertz CT molecular complexity index is 213. The van der Waals surface area contributed by atoms with Gasteiger partial charge in [0.05, 0.1) is 17.4 Å². The van der Waals surface area contributed by atoms with E-state index in [0.29, 0.717) is 0 Å². The van der Waals surface area contributed by atoms with Crippen LogP contribution in [0.2, 0.25) is 0 Å². The van der Waals surface area contributed by atoms with Gasteiger partial charge in [-0.3, -0.25) is 9.13 Å². The molecule has 67 valence electrons. The monoisotopic (exact) mass is 343 g/mol. The van der Waals surface area contributed by atoms with E-state index >= 15 is 0 Å². The maximum absolute atomic E-state index is 8.35. The summed E-state index contributed by atoms with van der Waals surface area (Å²) in [6.07, 6.45) is 0. The average Bonchev–Trinajstić information content (AvgIpc) is 2.08.